The van der Waals surface area contributed by atoms with Crippen molar-refractivity contribution in [2.75, 3.05) is 4.72 Å². The normalized spacial score (nSPS) is 11.6. The summed E-state index contributed by atoms with van der Waals surface area (Å²) in [4.78, 5) is -0.0856. The van der Waals surface area contributed by atoms with E-state index in [4.69, 9.17) is 0 Å². The van der Waals surface area contributed by atoms with Crippen LogP contribution in [0.25, 0.3) is 0 Å². The van der Waals surface area contributed by atoms with Gasteiger partial charge in [0.15, 0.2) is 5.82 Å². The van der Waals surface area contributed by atoms with Gasteiger partial charge in [0.25, 0.3) is 10.0 Å². The molecule has 0 aliphatic heterocycles. The van der Waals surface area contributed by atoms with Gasteiger partial charge in [0, 0.05) is 11.8 Å². The zero-order valence-corrected chi connectivity index (χ0v) is 12.1. The molecule has 20 heavy (non-hydrogen) atoms. The molecular weight excluding hydrogens is 281 g/mol. The number of benzene rings is 1. The predicted octanol–water partition coefficient (Wildman–Crippen LogP) is 2.61. The smallest absolute Gasteiger partial charge is 0.263 e. The summed E-state index contributed by atoms with van der Waals surface area (Å²) in [6.07, 6.45) is 1.71. The Morgan fingerprint density at radius 3 is 2.80 bits per heavy atom. The van der Waals surface area contributed by atoms with E-state index in [1.54, 1.807) is 13.0 Å². The maximum Gasteiger partial charge on any atom is 0.263 e. The molecular formula is C13H16FN3O2S. The first kappa shape index (κ1) is 14.5. The minimum atomic E-state index is -3.84. The van der Waals surface area contributed by atoms with Crippen molar-refractivity contribution in [2.24, 2.45) is 0 Å². The first-order chi connectivity index (χ1) is 9.42. The molecule has 0 bridgehead atoms. The summed E-state index contributed by atoms with van der Waals surface area (Å²) < 4.78 is 40.0. The van der Waals surface area contributed by atoms with Crippen molar-refractivity contribution in [1.29, 1.82) is 0 Å². The number of hydrogen-bond acceptors (Lipinski definition) is 3. The van der Waals surface area contributed by atoms with Gasteiger partial charge in [0.2, 0.25) is 0 Å². The highest BCUT2D eigenvalue weighted by Crippen LogP contribution is 2.19. The van der Waals surface area contributed by atoms with Crippen LogP contribution in [-0.2, 0) is 16.4 Å². The molecule has 0 saturated carbocycles. The standard InChI is InChI=1S/C13H16FN3O2S/c1-3-4-11-8-13(16-15-11)17-20(18,19)12-7-10(14)6-5-9(12)2/h5-8H,3-4H2,1-2H3,(H2,15,16,17). The van der Waals surface area contributed by atoms with Crippen LogP contribution >= 0.6 is 0 Å². The Balaban J connectivity index is 2.28. The van der Waals surface area contributed by atoms with E-state index in [0.717, 1.165) is 24.6 Å². The van der Waals surface area contributed by atoms with Crippen molar-refractivity contribution >= 4 is 15.8 Å². The quantitative estimate of drug-likeness (QED) is 0.890. The van der Waals surface area contributed by atoms with Crippen LogP contribution in [-0.4, -0.2) is 18.6 Å². The lowest BCUT2D eigenvalue weighted by Crippen LogP contribution is -2.14. The van der Waals surface area contributed by atoms with E-state index >= 15 is 0 Å². The monoisotopic (exact) mass is 297 g/mol. The molecule has 0 radical (unpaired) electrons. The second kappa shape index (κ2) is 5.62. The summed E-state index contributed by atoms with van der Waals surface area (Å²) in [6.45, 7) is 3.63. The summed E-state index contributed by atoms with van der Waals surface area (Å²) in [6, 6.07) is 5.28. The second-order valence-corrected chi connectivity index (χ2v) is 6.19. The number of rotatable bonds is 5. The number of anilines is 1. The van der Waals surface area contributed by atoms with E-state index in [1.807, 2.05) is 6.92 Å². The summed E-state index contributed by atoms with van der Waals surface area (Å²) in [5, 5.41) is 6.64. The number of aryl methyl sites for hydroxylation is 2. The molecule has 0 spiro atoms. The van der Waals surface area contributed by atoms with Gasteiger partial charge in [-0.1, -0.05) is 19.4 Å². The van der Waals surface area contributed by atoms with Crippen LogP contribution in [0.1, 0.15) is 24.6 Å². The van der Waals surface area contributed by atoms with Crippen molar-refractivity contribution in [3.63, 3.8) is 0 Å². The molecule has 0 atom stereocenters. The van der Waals surface area contributed by atoms with Gasteiger partial charge in [-0.3, -0.25) is 9.82 Å². The molecule has 0 unspecified atom stereocenters. The zero-order valence-electron chi connectivity index (χ0n) is 11.3. The Bertz CT molecular complexity index is 710. The van der Waals surface area contributed by atoms with Crippen LogP contribution in [0.4, 0.5) is 10.2 Å². The number of H-pyrrole nitrogens is 1. The number of halogens is 1. The fourth-order valence-electron chi connectivity index (χ4n) is 1.87. The van der Waals surface area contributed by atoms with Crippen LogP contribution < -0.4 is 4.72 Å². The molecule has 1 heterocycles. The molecule has 0 aliphatic carbocycles. The highest BCUT2D eigenvalue weighted by molar-refractivity contribution is 7.92. The molecule has 1 aromatic carbocycles. The number of aromatic amines is 1. The third-order valence-electron chi connectivity index (χ3n) is 2.83. The van der Waals surface area contributed by atoms with Crippen LogP contribution in [0.3, 0.4) is 0 Å². The Morgan fingerprint density at radius 1 is 1.35 bits per heavy atom. The minimum absolute atomic E-state index is 0.0856. The van der Waals surface area contributed by atoms with Gasteiger partial charge in [-0.05, 0) is 31.0 Å². The van der Waals surface area contributed by atoms with Crippen molar-refractivity contribution in [3.05, 3.63) is 41.3 Å². The maximum atomic E-state index is 13.2. The summed E-state index contributed by atoms with van der Waals surface area (Å²) in [7, 11) is -3.84. The molecule has 2 rings (SSSR count). The summed E-state index contributed by atoms with van der Waals surface area (Å²) >= 11 is 0. The first-order valence-corrected chi connectivity index (χ1v) is 7.74. The average molecular weight is 297 g/mol. The molecule has 2 aromatic rings. The Morgan fingerprint density at radius 2 is 2.10 bits per heavy atom. The summed E-state index contributed by atoms with van der Waals surface area (Å²) in [5.74, 6) is -0.387. The molecule has 0 aliphatic rings. The topological polar surface area (TPSA) is 74.8 Å². The van der Waals surface area contributed by atoms with E-state index in [1.165, 1.54) is 12.1 Å². The molecule has 2 N–H and O–H groups in total. The Labute approximate surface area is 117 Å². The third-order valence-corrected chi connectivity index (χ3v) is 4.33. The van der Waals surface area contributed by atoms with Crippen LogP contribution in [0.2, 0.25) is 0 Å². The lowest BCUT2D eigenvalue weighted by molar-refractivity contribution is 0.594. The highest BCUT2D eigenvalue weighted by Gasteiger charge is 2.19. The molecule has 7 heteroatoms. The molecule has 108 valence electrons. The van der Waals surface area contributed by atoms with Crippen LogP contribution in [0.15, 0.2) is 29.2 Å². The fraction of sp³-hybridized carbons (Fsp3) is 0.308. The van der Waals surface area contributed by atoms with Crippen molar-refractivity contribution in [1.82, 2.24) is 10.2 Å². The van der Waals surface area contributed by atoms with E-state index in [-0.39, 0.29) is 10.7 Å². The van der Waals surface area contributed by atoms with Gasteiger partial charge in [0.1, 0.15) is 5.82 Å². The van der Waals surface area contributed by atoms with Crippen molar-refractivity contribution < 1.29 is 12.8 Å². The number of nitrogens with zero attached hydrogens (tertiary/aromatic N) is 1. The number of sulfonamides is 1. The Hall–Kier alpha value is -1.89. The van der Waals surface area contributed by atoms with E-state index in [2.05, 4.69) is 14.9 Å². The van der Waals surface area contributed by atoms with Crippen molar-refractivity contribution in [2.45, 2.75) is 31.6 Å². The Kier molecular flexibility index (Phi) is 4.08. The lowest BCUT2D eigenvalue weighted by Gasteiger charge is -2.08. The van der Waals surface area contributed by atoms with Gasteiger partial charge in [-0.2, -0.15) is 5.10 Å². The minimum Gasteiger partial charge on any atom is -0.280 e. The number of aromatic nitrogens is 2. The van der Waals surface area contributed by atoms with Gasteiger partial charge in [-0.25, -0.2) is 12.8 Å². The van der Waals surface area contributed by atoms with Crippen LogP contribution in [0.5, 0.6) is 0 Å². The van der Waals surface area contributed by atoms with Gasteiger partial charge in [0.05, 0.1) is 4.90 Å². The lowest BCUT2D eigenvalue weighted by atomic mass is 10.2. The van der Waals surface area contributed by atoms with Gasteiger partial charge < -0.3 is 0 Å². The zero-order chi connectivity index (χ0) is 14.8. The molecule has 1 aromatic heterocycles. The highest BCUT2D eigenvalue weighted by atomic mass is 32.2. The van der Waals surface area contributed by atoms with Crippen molar-refractivity contribution in [3.8, 4) is 0 Å². The third kappa shape index (κ3) is 3.16. The van der Waals surface area contributed by atoms with E-state index in [0.29, 0.717) is 5.56 Å². The molecule has 0 amide bonds. The summed E-state index contributed by atoms with van der Waals surface area (Å²) in [5.41, 5.74) is 1.32. The molecule has 5 nitrogen and oxygen atoms in total. The maximum absolute atomic E-state index is 13.2. The average Bonchev–Trinajstić information content (AvgIpc) is 2.79. The molecule has 0 fully saturated rings. The first-order valence-electron chi connectivity index (χ1n) is 6.25. The van der Waals surface area contributed by atoms with Gasteiger partial charge >= 0.3 is 0 Å². The SMILES string of the molecule is CCCc1cc(NS(=O)(=O)c2cc(F)ccc2C)n[nH]1. The predicted molar refractivity (Wildman–Crippen MR) is 74.5 cm³/mol. The van der Waals surface area contributed by atoms with E-state index in [9.17, 15) is 12.8 Å². The van der Waals surface area contributed by atoms with Gasteiger partial charge in [-0.15, -0.1) is 0 Å². The number of nitrogens with one attached hydrogen (secondary N) is 2. The van der Waals surface area contributed by atoms with E-state index < -0.39 is 15.8 Å². The fourth-order valence-corrected chi connectivity index (χ4v) is 3.12. The largest absolute Gasteiger partial charge is 0.280 e. The second-order valence-electron chi connectivity index (χ2n) is 4.54. The molecule has 0 saturated heterocycles. The van der Waals surface area contributed by atoms with Crippen LogP contribution in [0, 0.1) is 12.7 Å². The number of hydrogen-bond donors (Lipinski definition) is 2.